The Balaban J connectivity index is 1.75. The van der Waals surface area contributed by atoms with Gasteiger partial charge in [-0.2, -0.15) is 0 Å². The Morgan fingerprint density at radius 3 is 2.63 bits per heavy atom. The molecule has 2 rings (SSSR count). The normalized spacial score (nSPS) is 27.5. The van der Waals surface area contributed by atoms with E-state index in [1.165, 1.54) is 12.8 Å². The van der Waals surface area contributed by atoms with Gasteiger partial charge < -0.3 is 10.2 Å². The summed E-state index contributed by atoms with van der Waals surface area (Å²) in [6, 6.07) is 0.136. The van der Waals surface area contributed by atoms with Gasteiger partial charge in [-0.1, -0.05) is 6.42 Å². The van der Waals surface area contributed by atoms with E-state index in [2.05, 4.69) is 14.9 Å². The third-order valence-electron chi connectivity index (χ3n) is 3.94. The van der Waals surface area contributed by atoms with E-state index in [4.69, 9.17) is 0 Å². The molecule has 0 amide bonds. The average molecular weight is 289 g/mol. The van der Waals surface area contributed by atoms with Crippen molar-refractivity contribution in [2.75, 3.05) is 31.9 Å². The lowest BCUT2D eigenvalue weighted by atomic mass is 10.1. The molecule has 2 unspecified atom stereocenters. The van der Waals surface area contributed by atoms with Gasteiger partial charge in [0, 0.05) is 18.6 Å². The minimum absolute atomic E-state index is 0.00619. The lowest BCUT2D eigenvalue weighted by Gasteiger charge is -2.25. The summed E-state index contributed by atoms with van der Waals surface area (Å²) in [4.78, 5) is 2.34. The van der Waals surface area contributed by atoms with Crippen LogP contribution in [0, 0.1) is 0 Å². The quantitative estimate of drug-likeness (QED) is 0.749. The summed E-state index contributed by atoms with van der Waals surface area (Å²) < 4.78 is 27.0. The first-order valence-corrected chi connectivity index (χ1v) is 9.16. The van der Waals surface area contributed by atoms with Gasteiger partial charge in [0.2, 0.25) is 10.0 Å². The zero-order valence-corrected chi connectivity index (χ0v) is 12.7. The highest BCUT2D eigenvalue weighted by Crippen LogP contribution is 2.10. The molecule has 0 radical (unpaired) electrons. The van der Waals surface area contributed by atoms with Gasteiger partial charge in [0.1, 0.15) is 0 Å². The second-order valence-corrected chi connectivity index (χ2v) is 7.75. The van der Waals surface area contributed by atoms with E-state index in [-0.39, 0.29) is 17.8 Å². The first kappa shape index (κ1) is 15.2. The molecule has 0 aromatic rings. The second-order valence-electron chi connectivity index (χ2n) is 5.95. The van der Waals surface area contributed by atoms with E-state index in [1.807, 2.05) is 6.92 Å². The number of hydrogen-bond acceptors (Lipinski definition) is 4. The monoisotopic (exact) mass is 289 g/mol. The van der Waals surface area contributed by atoms with Gasteiger partial charge >= 0.3 is 0 Å². The number of nitrogens with one attached hydrogen (secondary N) is 2. The molecule has 2 N–H and O–H groups in total. The molecule has 112 valence electrons. The van der Waals surface area contributed by atoms with Crippen LogP contribution in [0.5, 0.6) is 0 Å². The van der Waals surface area contributed by atoms with Gasteiger partial charge in [-0.05, 0) is 52.2 Å². The van der Waals surface area contributed by atoms with E-state index in [0.717, 1.165) is 45.4 Å². The standard InChI is InChI=1S/C13H27N3O2S/c1-12(10-16-8-4-5-9-16)15-19(17,18)11-13-6-2-3-7-14-13/h12-15H,2-11H2,1H3. The Hall–Kier alpha value is -0.170. The number of hydrogen-bond donors (Lipinski definition) is 2. The van der Waals surface area contributed by atoms with Crippen LogP contribution in [-0.2, 0) is 10.0 Å². The predicted molar refractivity (Wildman–Crippen MR) is 77.7 cm³/mol. The minimum Gasteiger partial charge on any atom is -0.313 e. The summed E-state index contributed by atoms with van der Waals surface area (Å²) in [7, 11) is -3.16. The van der Waals surface area contributed by atoms with Crippen LogP contribution in [0.4, 0.5) is 0 Å². The molecular formula is C13H27N3O2S. The van der Waals surface area contributed by atoms with Crippen LogP contribution < -0.4 is 10.0 Å². The molecule has 2 saturated heterocycles. The highest BCUT2D eigenvalue weighted by molar-refractivity contribution is 7.89. The first-order valence-electron chi connectivity index (χ1n) is 7.51. The Kier molecular flexibility index (Phi) is 5.62. The summed E-state index contributed by atoms with van der Waals surface area (Å²) in [6.07, 6.45) is 5.75. The van der Waals surface area contributed by atoms with Crippen molar-refractivity contribution in [3.8, 4) is 0 Å². The van der Waals surface area contributed by atoms with Crippen LogP contribution in [0.1, 0.15) is 39.0 Å². The predicted octanol–water partition coefficient (Wildman–Crippen LogP) is 0.532. The van der Waals surface area contributed by atoms with Crippen LogP contribution in [0.2, 0.25) is 0 Å². The zero-order chi connectivity index (χ0) is 13.7. The topological polar surface area (TPSA) is 61.4 Å². The Morgan fingerprint density at radius 1 is 1.26 bits per heavy atom. The number of rotatable bonds is 6. The Morgan fingerprint density at radius 2 is 2.00 bits per heavy atom. The summed E-state index contributed by atoms with van der Waals surface area (Å²) in [6.45, 7) is 5.96. The molecule has 0 bridgehead atoms. The highest BCUT2D eigenvalue weighted by atomic mass is 32.2. The molecule has 2 aliphatic heterocycles. The highest BCUT2D eigenvalue weighted by Gasteiger charge is 2.23. The Bertz CT molecular complexity index is 360. The van der Waals surface area contributed by atoms with Gasteiger partial charge in [0.25, 0.3) is 0 Å². The molecule has 2 fully saturated rings. The van der Waals surface area contributed by atoms with Crippen LogP contribution >= 0.6 is 0 Å². The third kappa shape index (κ3) is 5.38. The van der Waals surface area contributed by atoms with E-state index in [1.54, 1.807) is 0 Å². The van der Waals surface area contributed by atoms with Crippen molar-refractivity contribution in [1.29, 1.82) is 0 Å². The van der Waals surface area contributed by atoms with Gasteiger partial charge in [0.05, 0.1) is 5.75 Å². The molecule has 0 aromatic carbocycles. The van der Waals surface area contributed by atoms with Crippen LogP contribution in [-0.4, -0.2) is 57.3 Å². The summed E-state index contributed by atoms with van der Waals surface area (Å²) >= 11 is 0. The number of likely N-dealkylation sites (tertiary alicyclic amines) is 1. The summed E-state index contributed by atoms with van der Waals surface area (Å²) in [5, 5.41) is 3.29. The molecule has 6 heteroatoms. The maximum Gasteiger partial charge on any atom is 0.213 e. The van der Waals surface area contributed by atoms with Gasteiger partial charge in [0.15, 0.2) is 0 Å². The lowest BCUT2D eigenvalue weighted by Crippen LogP contribution is -2.47. The second kappa shape index (κ2) is 7.02. The minimum atomic E-state index is -3.16. The van der Waals surface area contributed by atoms with Crippen LogP contribution in [0.25, 0.3) is 0 Å². The maximum atomic E-state index is 12.1. The molecule has 19 heavy (non-hydrogen) atoms. The number of sulfonamides is 1. The van der Waals surface area contributed by atoms with Gasteiger partial charge in [-0.3, -0.25) is 0 Å². The van der Waals surface area contributed by atoms with Gasteiger partial charge in [-0.25, -0.2) is 13.1 Å². The zero-order valence-electron chi connectivity index (χ0n) is 11.9. The van der Waals surface area contributed by atoms with Crippen molar-refractivity contribution in [3.05, 3.63) is 0 Å². The maximum absolute atomic E-state index is 12.1. The van der Waals surface area contributed by atoms with E-state index < -0.39 is 10.0 Å². The van der Waals surface area contributed by atoms with Crippen molar-refractivity contribution < 1.29 is 8.42 Å². The van der Waals surface area contributed by atoms with E-state index in [0.29, 0.717) is 0 Å². The smallest absolute Gasteiger partial charge is 0.213 e. The molecule has 0 aromatic heterocycles. The molecule has 2 aliphatic rings. The third-order valence-corrected chi connectivity index (χ3v) is 5.55. The van der Waals surface area contributed by atoms with E-state index in [9.17, 15) is 8.42 Å². The lowest BCUT2D eigenvalue weighted by molar-refractivity contribution is 0.312. The molecule has 2 atom stereocenters. The van der Waals surface area contributed by atoms with Crippen LogP contribution in [0.15, 0.2) is 0 Å². The summed E-state index contributed by atoms with van der Waals surface area (Å²) in [5.74, 6) is 0.220. The summed E-state index contributed by atoms with van der Waals surface area (Å²) in [5.41, 5.74) is 0. The van der Waals surface area contributed by atoms with Crippen LogP contribution in [0.3, 0.4) is 0 Å². The van der Waals surface area contributed by atoms with E-state index >= 15 is 0 Å². The molecule has 0 aliphatic carbocycles. The molecule has 2 heterocycles. The Labute approximate surface area is 117 Å². The van der Waals surface area contributed by atoms with Crippen molar-refractivity contribution in [2.24, 2.45) is 0 Å². The fourth-order valence-electron chi connectivity index (χ4n) is 3.08. The average Bonchev–Trinajstić information content (AvgIpc) is 2.81. The fourth-order valence-corrected chi connectivity index (χ4v) is 4.67. The molecule has 5 nitrogen and oxygen atoms in total. The molecule has 0 spiro atoms. The van der Waals surface area contributed by atoms with Gasteiger partial charge in [-0.15, -0.1) is 0 Å². The molecular weight excluding hydrogens is 262 g/mol. The first-order chi connectivity index (χ1) is 9.05. The fraction of sp³-hybridized carbons (Fsp3) is 1.00. The largest absolute Gasteiger partial charge is 0.313 e. The van der Waals surface area contributed by atoms with Crippen molar-refractivity contribution in [3.63, 3.8) is 0 Å². The van der Waals surface area contributed by atoms with Crippen molar-refractivity contribution in [1.82, 2.24) is 14.9 Å². The van der Waals surface area contributed by atoms with Crippen molar-refractivity contribution >= 4 is 10.0 Å². The number of piperidine rings is 1. The van der Waals surface area contributed by atoms with Crippen molar-refractivity contribution in [2.45, 2.75) is 51.1 Å². The molecule has 0 saturated carbocycles. The number of nitrogens with zero attached hydrogens (tertiary/aromatic N) is 1. The SMILES string of the molecule is CC(CN1CCCC1)NS(=O)(=O)CC1CCCCN1.